The highest BCUT2D eigenvalue weighted by Gasteiger charge is 2.01. The molecule has 0 aromatic heterocycles. The molecule has 0 bridgehead atoms. The summed E-state index contributed by atoms with van der Waals surface area (Å²) in [7, 11) is 0. The van der Waals surface area contributed by atoms with Crippen LogP contribution in [0.5, 0.6) is 0 Å². The molecule has 2 aromatic rings. The smallest absolute Gasteiger partial charge is 0.202 e. The van der Waals surface area contributed by atoms with E-state index in [0.717, 1.165) is 21.7 Å². The zero-order valence-corrected chi connectivity index (χ0v) is 11.3. The summed E-state index contributed by atoms with van der Waals surface area (Å²) in [6.45, 7) is 0. The van der Waals surface area contributed by atoms with Crippen LogP contribution in [0.15, 0.2) is 48.5 Å². The predicted octanol–water partition coefficient (Wildman–Crippen LogP) is 4.47. The normalized spacial score (nSPS) is 10.2. The van der Waals surface area contributed by atoms with E-state index in [1.165, 1.54) is 0 Å². The molecule has 2 aromatic carbocycles. The molecule has 0 aliphatic carbocycles. The number of carbonyl (C=O) groups is 1. The van der Waals surface area contributed by atoms with E-state index < -0.39 is 0 Å². The van der Waals surface area contributed by atoms with Gasteiger partial charge in [0.2, 0.25) is 4.69 Å². The molecular formula is C14H10BrClO. The van der Waals surface area contributed by atoms with Crippen LogP contribution >= 0.6 is 27.5 Å². The van der Waals surface area contributed by atoms with Crippen molar-refractivity contribution in [3.05, 3.63) is 59.1 Å². The van der Waals surface area contributed by atoms with Gasteiger partial charge < -0.3 is 0 Å². The molecular weight excluding hydrogens is 300 g/mol. The van der Waals surface area contributed by atoms with Crippen molar-refractivity contribution in [3.63, 3.8) is 0 Å². The molecule has 0 unspecified atom stereocenters. The average Bonchev–Trinajstić information content (AvgIpc) is 2.30. The van der Waals surface area contributed by atoms with Crippen LogP contribution in [0.2, 0.25) is 5.02 Å². The lowest BCUT2D eigenvalue weighted by molar-refractivity contribution is -0.109. The Hall–Kier alpha value is -1.12. The molecule has 0 fully saturated rings. The summed E-state index contributed by atoms with van der Waals surface area (Å²) < 4.78 is -0.00302. The molecule has 0 saturated carbocycles. The van der Waals surface area contributed by atoms with Crippen LogP contribution in [-0.2, 0) is 11.2 Å². The van der Waals surface area contributed by atoms with Crippen molar-refractivity contribution in [3.8, 4) is 11.1 Å². The molecule has 3 heteroatoms. The van der Waals surface area contributed by atoms with Crippen molar-refractivity contribution in [2.75, 3.05) is 0 Å². The molecule has 1 nitrogen and oxygen atoms in total. The van der Waals surface area contributed by atoms with Gasteiger partial charge in [-0.05, 0) is 44.8 Å². The van der Waals surface area contributed by atoms with Gasteiger partial charge in [-0.25, -0.2) is 0 Å². The Labute approximate surface area is 114 Å². The maximum absolute atomic E-state index is 10.9. The zero-order chi connectivity index (χ0) is 12.3. The Balaban J connectivity index is 2.23. The Morgan fingerprint density at radius 3 is 1.88 bits per heavy atom. The van der Waals surface area contributed by atoms with Crippen LogP contribution in [-0.4, -0.2) is 4.69 Å². The first-order chi connectivity index (χ1) is 8.15. The van der Waals surface area contributed by atoms with Gasteiger partial charge in [0.05, 0.1) is 0 Å². The van der Waals surface area contributed by atoms with Gasteiger partial charge in [0.1, 0.15) is 0 Å². The van der Waals surface area contributed by atoms with Crippen LogP contribution < -0.4 is 0 Å². The Morgan fingerprint density at radius 1 is 0.941 bits per heavy atom. The minimum atomic E-state index is -0.00302. The minimum Gasteiger partial charge on any atom is -0.286 e. The van der Waals surface area contributed by atoms with E-state index in [1.54, 1.807) is 0 Å². The van der Waals surface area contributed by atoms with Crippen molar-refractivity contribution in [2.24, 2.45) is 0 Å². The largest absolute Gasteiger partial charge is 0.286 e. The maximum atomic E-state index is 10.9. The van der Waals surface area contributed by atoms with Crippen molar-refractivity contribution in [1.82, 2.24) is 0 Å². The van der Waals surface area contributed by atoms with Crippen molar-refractivity contribution < 1.29 is 4.79 Å². The summed E-state index contributed by atoms with van der Waals surface area (Å²) in [6.07, 6.45) is 0.418. The summed E-state index contributed by atoms with van der Waals surface area (Å²) in [4.78, 5) is 10.9. The van der Waals surface area contributed by atoms with Gasteiger partial charge in [-0.2, -0.15) is 0 Å². The second-order valence-electron chi connectivity index (χ2n) is 3.74. The topological polar surface area (TPSA) is 17.1 Å². The first-order valence-corrected chi connectivity index (χ1v) is 6.35. The van der Waals surface area contributed by atoms with Crippen molar-refractivity contribution >= 4 is 32.2 Å². The van der Waals surface area contributed by atoms with Crippen molar-refractivity contribution in [2.45, 2.75) is 6.42 Å². The van der Waals surface area contributed by atoms with Crippen LogP contribution in [0.3, 0.4) is 0 Å². The monoisotopic (exact) mass is 308 g/mol. The highest BCUT2D eigenvalue weighted by molar-refractivity contribution is 9.18. The van der Waals surface area contributed by atoms with Gasteiger partial charge in [-0.1, -0.05) is 48.0 Å². The van der Waals surface area contributed by atoms with Gasteiger partial charge in [-0.3, -0.25) is 4.79 Å². The first kappa shape index (κ1) is 12.3. The molecule has 0 heterocycles. The SMILES string of the molecule is O=C(Br)Cc1ccc(-c2ccc(Cl)cc2)cc1. The molecule has 2 rings (SSSR count). The molecule has 0 aliphatic rings. The zero-order valence-electron chi connectivity index (χ0n) is 8.99. The number of rotatable bonds is 3. The second-order valence-corrected chi connectivity index (χ2v) is 5.06. The Kier molecular flexibility index (Phi) is 3.97. The number of benzene rings is 2. The minimum absolute atomic E-state index is 0.00302. The van der Waals surface area contributed by atoms with Crippen LogP contribution in [0.1, 0.15) is 5.56 Å². The quantitative estimate of drug-likeness (QED) is 0.765. The third-order valence-electron chi connectivity index (χ3n) is 2.47. The van der Waals surface area contributed by atoms with Crippen LogP contribution in [0.4, 0.5) is 0 Å². The molecule has 0 amide bonds. The number of hydrogen-bond acceptors (Lipinski definition) is 1. The van der Waals surface area contributed by atoms with E-state index in [-0.39, 0.29) is 4.69 Å². The van der Waals surface area contributed by atoms with Gasteiger partial charge in [0.15, 0.2) is 0 Å². The van der Waals surface area contributed by atoms with E-state index in [1.807, 2.05) is 48.5 Å². The molecule has 0 radical (unpaired) electrons. The number of halogens is 2. The standard InChI is InChI=1S/C14H10BrClO/c15-14(17)9-10-1-3-11(4-2-10)12-5-7-13(16)8-6-12/h1-8H,9H2. The summed E-state index contributed by atoms with van der Waals surface area (Å²) in [5.74, 6) is 0. The van der Waals surface area contributed by atoms with E-state index in [2.05, 4.69) is 15.9 Å². The van der Waals surface area contributed by atoms with Crippen molar-refractivity contribution in [1.29, 1.82) is 0 Å². The van der Waals surface area contributed by atoms with Crippen LogP contribution in [0, 0.1) is 0 Å². The molecule has 0 spiro atoms. The van der Waals surface area contributed by atoms with E-state index >= 15 is 0 Å². The highest BCUT2D eigenvalue weighted by Crippen LogP contribution is 2.22. The average molecular weight is 310 g/mol. The Morgan fingerprint density at radius 2 is 1.41 bits per heavy atom. The highest BCUT2D eigenvalue weighted by atomic mass is 79.9. The summed E-state index contributed by atoms with van der Waals surface area (Å²) in [5.41, 5.74) is 3.24. The molecule has 17 heavy (non-hydrogen) atoms. The van der Waals surface area contributed by atoms with Gasteiger partial charge in [-0.15, -0.1) is 0 Å². The third kappa shape index (κ3) is 3.42. The lowest BCUT2D eigenvalue weighted by Gasteiger charge is -2.03. The fourth-order valence-corrected chi connectivity index (χ4v) is 2.07. The maximum Gasteiger partial charge on any atom is 0.202 e. The molecule has 0 atom stereocenters. The lowest BCUT2D eigenvalue weighted by Crippen LogP contribution is -1.92. The van der Waals surface area contributed by atoms with Gasteiger partial charge in [0.25, 0.3) is 0 Å². The van der Waals surface area contributed by atoms with Gasteiger partial charge >= 0.3 is 0 Å². The number of carbonyl (C=O) groups excluding carboxylic acids is 1. The summed E-state index contributed by atoms with van der Waals surface area (Å²) >= 11 is 8.77. The fraction of sp³-hybridized carbons (Fsp3) is 0.0714. The van der Waals surface area contributed by atoms with E-state index in [9.17, 15) is 4.79 Å². The Bertz CT molecular complexity index is 517. The molecule has 0 aliphatic heterocycles. The van der Waals surface area contributed by atoms with Crippen LogP contribution in [0.25, 0.3) is 11.1 Å². The van der Waals surface area contributed by atoms with Gasteiger partial charge in [0, 0.05) is 11.4 Å². The summed E-state index contributed by atoms with van der Waals surface area (Å²) in [6, 6.07) is 15.6. The predicted molar refractivity (Wildman–Crippen MR) is 74.5 cm³/mol. The number of hydrogen-bond donors (Lipinski definition) is 0. The van der Waals surface area contributed by atoms with E-state index in [0.29, 0.717) is 6.42 Å². The fourth-order valence-electron chi connectivity index (χ4n) is 1.62. The second kappa shape index (κ2) is 5.48. The summed E-state index contributed by atoms with van der Waals surface area (Å²) in [5, 5.41) is 0.732. The molecule has 86 valence electrons. The molecule has 0 saturated heterocycles. The molecule has 0 N–H and O–H groups in total. The van der Waals surface area contributed by atoms with E-state index in [4.69, 9.17) is 11.6 Å². The third-order valence-corrected chi connectivity index (χ3v) is 3.01. The first-order valence-electron chi connectivity index (χ1n) is 5.18. The lowest BCUT2D eigenvalue weighted by atomic mass is 10.0.